The molecular formula is C8H14N6O2. The van der Waals surface area contributed by atoms with E-state index in [-0.39, 0.29) is 19.0 Å². The van der Waals surface area contributed by atoms with E-state index in [1.54, 1.807) is 7.05 Å². The van der Waals surface area contributed by atoms with Crippen LogP contribution in [-0.2, 0) is 7.05 Å². The normalized spacial score (nSPS) is 9.81. The summed E-state index contributed by atoms with van der Waals surface area (Å²) in [5.41, 5.74) is 11.0. The van der Waals surface area contributed by atoms with Crippen molar-refractivity contribution < 1.29 is 9.59 Å². The predicted molar refractivity (Wildman–Crippen MR) is 57.5 cm³/mol. The van der Waals surface area contributed by atoms with Crippen molar-refractivity contribution in [1.82, 2.24) is 20.4 Å². The van der Waals surface area contributed by atoms with Gasteiger partial charge in [-0.05, 0) is 0 Å². The standard InChI is InChI=1S/C8H14N6O2/c1-14-6(5(9)4-13-14)7(15)11-2-3-12-8(10)16/h4H,2-3,9H2,1H3,(H,11,15)(H3,10,12,16). The second-order valence-corrected chi connectivity index (χ2v) is 3.12. The maximum atomic E-state index is 11.6. The van der Waals surface area contributed by atoms with Crippen LogP contribution < -0.4 is 22.1 Å². The van der Waals surface area contributed by atoms with E-state index >= 15 is 0 Å². The van der Waals surface area contributed by atoms with Crippen LogP contribution in [0.3, 0.4) is 0 Å². The average Bonchev–Trinajstić information content (AvgIpc) is 2.53. The Kier molecular flexibility index (Phi) is 3.70. The number of hydrogen-bond acceptors (Lipinski definition) is 4. The number of rotatable bonds is 4. The highest BCUT2D eigenvalue weighted by atomic mass is 16.2. The SMILES string of the molecule is Cn1ncc(N)c1C(=O)NCCNC(N)=O. The summed E-state index contributed by atoms with van der Waals surface area (Å²) in [5.74, 6) is -0.344. The van der Waals surface area contributed by atoms with Crippen LogP contribution in [0, 0.1) is 0 Å². The van der Waals surface area contributed by atoms with E-state index in [1.165, 1.54) is 10.9 Å². The summed E-state index contributed by atoms with van der Waals surface area (Å²) in [6.45, 7) is 0.533. The first-order valence-corrected chi connectivity index (χ1v) is 4.61. The monoisotopic (exact) mass is 226 g/mol. The number of primary amides is 1. The van der Waals surface area contributed by atoms with Gasteiger partial charge in [0.15, 0.2) is 0 Å². The molecule has 0 aliphatic rings. The molecule has 0 aliphatic heterocycles. The number of nitrogens with zero attached hydrogens (tertiary/aromatic N) is 2. The van der Waals surface area contributed by atoms with E-state index in [9.17, 15) is 9.59 Å². The minimum atomic E-state index is -0.630. The lowest BCUT2D eigenvalue weighted by Crippen LogP contribution is -2.37. The highest BCUT2D eigenvalue weighted by molar-refractivity contribution is 5.97. The number of hydrogen-bond donors (Lipinski definition) is 4. The Hall–Kier alpha value is -2.25. The molecule has 0 fully saturated rings. The third kappa shape index (κ3) is 2.87. The molecule has 8 nitrogen and oxygen atoms in total. The minimum Gasteiger partial charge on any atom is -0.396 e. The third-order valence-electron chi connectivity index (χ3n) is 1.89. The highest BCUT2D eigenvalue weighted by Crippen LogP contribution is 2.08. The Morgan fingerprint density at radius 1 is 1.44 bits per heavy atom. The molecule has 1 heterocycles. The van der Waals surface area contributed by atoms with Gasteiger partial charge < -0.3 is 22.1 Å². The third-order valence-corrected chi connectivity index (χ3v) is 1.89. The van der Waals surface area contributed by atoms with E-state index in [0.717, 1.165) is 0 Å². The highest BCUT2D eigenvalue weighted by Gasteiger charge is 2.13. The summed E-state index contributed by atoms with van der Waals surface area (Å²) in [4.78, 5) is 21.9. The lowest BCUT2D eigenvalue weighted by molar-refractivity contribution is 0.0945. The van der Waals surface area contributed by atoms with Gasteiger partial charge in [-0.2, -0.15) is 5.10 Å². The fraction of sp³-hybridized carbons (Fsp3) is 0.375. The molecule has 0 radical (unpaired) electrons. The van der Waals surface area contributed by atoms with Crippen LogP contribution in [0.25, 0.3) is 0 Å². The number of amides is 3. The summed E-state index contributed by atoms with van der Waals surface area (Å²) in [6.07, 6.45) is 1.40. The van der Waals surface area contributed by atoms with Crippen molar-refractivity contribution in [2.24, 2.45) is 12.8 Å². The van der Waals surface area contributed by atoms with Crippen LogP contribution in [0.4, 0.5) is 10.5 Å². The van der Waals surface area contributed by atoms with Crippen molar-refractivity contribution in [2.75, 3.05) is 18.8 Å². The molecule has 1 rings (SSSR count). The van der Waals surface area contributed by atoms with Crippen molar-refractivity contribution >= 4 is 17.6 Å². The number of urea groups is 1. The second-order valence-electron chi connectivity index (χ2n) is 3.12. The Labute approximate surface area is 92.0 Å². The zero-order chi connectivity index (χ0) is 12.1. The number of carbonyl (C=O) groups excluding carboxylic acids is 2. The van der Waals surface area contributed by atoms with Gasteiger partial charge in [-0.3, -0.25) is 9.48 Å². The van der Waals surface area contributed by atoms with Gasteiger partial charge in [0.25, 0.3) is 5.91 Å². The van der Waals surface area contributed by atoms with Gasteiger partial charge in [-0.25, -0.2) is 4.79 Å². The molecule has 1 aromatic rings. The summed E-state index contributed by atoms with van der Waals surface area (Å²) in [6, 6.07) is -0.630. The van der Waals surface area contributed by atoms with Crippen molar-refractivity contribution in [1.29, 1.82) is 0 Å². The Bertz CT molecular complexity index is 380. The Morgan fingerprint density at radius 2 is 2.06 bits per heavy atom. The molecule has 0 unspecified atom stereocenters. The lowest BCUT2D eigenvalue weighted by Gasteiger charge is -2.06. The van der Waals surface area contributed by atoms with Crippen LogP contribution in [-0.4, -0.2) is 34.8 Å². The van der Waals surface area contributed by atoms with Crippen LogP contribution in [0.2, 0.25) is 0 Å². The van der Waals surface area contributed by atoms with Crippen molar-refractivity contribution in [3.63, 3.8) is 0 Å². The molecule has 16 heavy (non-hydrogen) atoms. The van der Waals surface area contributed by atoms with E-state index in [2.05, 4.69) is 15.7 Å². The summed E-state index contributed by atoms with van der Waals surface area (Å²) in [5, 5.41) is 8.75. The first-order valence-electron chi connectivity index (χ1n) is 4.61. The maximum Gasteiger partial charge on any atom is 0.312 e. The Balaban J connectivity index is 2.44. The van der Waals surface area contributed by atoms with Gasteiger partial charge in [-0.15, -0.1) is 0 Å². The molecule has 0 spiro atoms. The fourth-order valence-electron chi connectivity index (χ4n) is 1.18. The molecule has 0 aliphatic carbocycles. The number of nitrogens with two attached hydrogens (primary N) is 2. The number of anilines is 1. The van der Waals surface area contributed by atoms with Gasteiger partial charge in [0.1, 0.15) is 5.69 Å². The van der Waals surface area contributed by atoms with E-state index < -0.39 is 6.03 Å². The van der Waals surface area contributed by atoms with E-state index in [0.29, 0.717) is 11.4 Å². The number of nitrogen functional groups attached to an aromatic ring is 1. The summed E-state index contributed by atoms with van der Waals surface area (Å²) >= 11 is 0. The molecule has 8 heteroatoms. The first-order chi connectivity index (χ1) is 7.52. The second kappa shape index (κ2) is 5.01. The predicted octanol–water partition coefficient (Wildman–Crippen LogP) is -1.60. The van der Waals surface area contributed by atoms with Crippen molar-refractivity contribution in [2.45, 2.75) is 0 Å². The number of nitrogens with one attached hydrogen (secondary N) is 2. The molecule has 6 N–H and O–H groups in total. The summed E-state index contributed by atoms with van der Waals surface area (Å²) in [7, 11) is 1.62. The largest absolute Gasteiger partial charge is 0.396 e. The van der Waals surface area contributed by atoms with Crippen LogP contribution >= 0.6 is 0 Å². The Morgan fingerprint density at radius 3 is 2.56 bits per heavy atom. The molecule has 0 bridgehead atoms. The van der Waals surface area contributed by atoms with Gasteiger partial charge in [-0.1, -0.05) is 0 Å². The van der Waals surface area contributed by atoms with Gasteiger partial charge in [0, 0.05) is 20.1 Å². The molecule has 0 atom stereocenters. The van der Waals surface area contributed by atoms with Crippen molar-refractivity contribution in [3.8, 4) is 0 Å². The minimum absolute atomic E-state index is 0.263. The van der Waals surface area contributed by atoms with E-state index in [1.807, 2.05) is 0 Å². The molecule has 0 aromatic carbocycles. The number of carbonyl (C=O) groups is 2. The molecule has 88 valence electrons. The maximum absolute atomic E-state index is 11.6. The van der Waals surface area contributed by atoms with Crippen LogP contribution in [0.5, 0.6) is 0 Å². The van der Waals surface area contributed by atoms with Crippen molar-refractivity contribution in [3.05, 3.63) is 11.9 Å². The zero-order valence-corrected chi connectivity index (χ0v) is 8.86. The molecular weight excluding hydrogens is 212 g/mol. The zero-order valence-electron chi connectivity index (χ0n) is 8.86. The van der Waals surface area contributed by atoms with E-state index in [4.69, 9.17) is 11.5 Å². The molecule has 0 saturated carbocycles. The van der Waals surface area contributed by atoms with Gasteiger partial charge in [0.2, 0.25) is 0 Å². The van der Waals surface area contributed by atoms with Crippen LogP contribution in [0.15, 0.2) is 6.20 Å². The molecule has 3 amide bonds. The van der Waals surface area contributed by atoms with Gasteiger partial charge >= 0.3 is 6.03 Å². The topological polar surface area (TPSA) is 128 Å². The fourth-order valence-corrected chi connectivity index (χ4v) is 1.18. The average molecular weight is 226 g/mol. The van der Waals surface area contributed by atoms with Gasteiger partial charge in [0.05, 0.1) is 11.9 Å². The molecule has 0 saturated heterocycles. The summed E-state index contributed by atoms with van der Waals surface area (Å²) < 4.78 is 1.38. The number of aryl methyl sites for hydroxylation is 1. The molecule has 1 aromatic heterocycles. The number of aromatic nitrogens is 2. The van der Waals surface area contributed by atoms with Crippen LogP contribution in [0.1, 0.15) is 10.5 Å². The smallest absolute Gasteiger partial charge is 0.312 e. The lowest BCUT2D eigenvalue weighted by atomic mass is 10.3. The first kappa shape index (κ1) is 11.8. The quantitative estimate of drug-likeness (QED) is 0.461.